The Morgan fingerprint density at radius 2 is 1.92 bits per heavy atom. The van der Waals surface area contributed by atoms with Crippen LogP contribution in [-0.4, -0.2) is 28.9 Å². The number of hydrogen-bond donors (Lipinski definition) is 0. The Labute approximate surface area is 166 Å². The van der Waals surface area contributed by atoms with Crippen LogP contribution in [0.1, 0.15) is 29.3 Å². The van der Waals surface area contributed by atoms with E-state index in [2.05, 4.69) is 6.07 Å². The number of likely N-dealkylation sites (tertiary alicyclic amines) is 1. The van der Waals surface area contributed by atoms with Crippen molar-refractivity contribution in [3.63, 3.8) is 0 Å². The van der Waals surface area contributed by atoms with Crippen LogP contribution in [0.25, 0.3) is 10.2 Å². The van der Waals surface area contributed by atoms with E-state index in [1.54, 1.807) is 29.5 Å². The van der Waals surface area contributed by atoms with Crippen molar-refractivity contribution in [2.75, 3.05) is 13.1 Å². The highest BCUT2D eigenvalue weighted by molar-refractivity contribution is 7.18. The molecule has 134 valence electrons. The molecule has 1 aromatic heterocycles. The summed E-state index contributed by atoms with van der Waals surface area (Å²) < 4.78 is 1.20. The molecule has 4 rings (SSSR count). The predicted molar refractivity (Wildman–Crippen MR) is 108 cm³/mol. The van der Waals surface area contributed by atoms with Gasteiger partial charge in [-0.2, -0.15) is 0 Å². The smallest absolute Gasteiger partial charge is 0.227 e. The summed E-state index contributed by atoms with van der Waals surface area (Å²) in [5.41, 5.74) is 1.75. The number of piperidine rings is 1. The second-order valence-corrected chi connectivity index (χ2v) is 8.45. The lowest BCUT2D eigenvalue weighted by molar-refractivity contribution is -0.131. The van der Waals surface area contributed by atoms with Crippen LogP contribution >= 0.6 is 34.5 Å². The lowest BCUT2D eigenvalue weighted by Gasteiger charge is -2.32. The van der Waals surface area contributed by atoms with Gasteiger partial charge in [-0.15, -0.1) is 11.3 Å². The van der Waals surface area contributed by atoms with Gasteiger partial charge in [0.25, 0.3) is 0 Å². The zero-order valence-corrected chi connectivity index (χ0v) is 16.4. The van der Waals surface area contributed by atoms with Gasteiger partial charge in [0.2, 0.25) is 5.91 Å². The number of carbonyl (C=O) groups is 1. The second kappa shape index (κ2) is 7.55. The molecule has 1 aliphatic rings. The molecular formula is C20H18Cl2N2OS. The molecule has 1 fully saturated rings. The van der Waals surface area contributed by atoms with Crippen molar-refractivity contribution in [2.24, 2.45) is 0 Å². The van der Waals surface area contributed by atoms with E-state index in [9.17, 15) is 4.79 Å². The number of aromatic nitrogens is 1. The highest BCUT2D eigenvalue weighted by Gasteiger charge is 2.27. The zero-order chi connectivity index (χ0) is 18.1. The van der Waals surface area contributed by atoms with Gasteiger partial charge in [0.15, 0.2) is 0 Å². The minimum atomic E-state index is 0.0748. The summed E-state index contributed by atoms with van der Waals surface area (Å²) in [6.45, 7) is 1.49. The van der Waals surface area contributed by atoms with Crippen LogP contribution in [0.5, 0.6) is 0 Å². The molecule has 0 saturated carbocycles. The number of para-hydroxylation sites is 1. The predicted octanol–water partition coefficient (Wildman–Crippen LogP) is 5.55. The van der Waals surface area contributed by atoms with E-state index >= 15 is 0 Å². The van der Waals surface area contributed by atoms with Gasteiger partial charge >= 0.3 is 0 Å². The van der Waals surface area contributed by atoms with Gasteiger partial charge < -0.3 is 4.90 Å². The van der Waals surface area contributed by atoms with Crippen molar-refractivity contribution < 1.29 is 4.79 Å². The van der Waals surface area contributed by atoms with Crippen molar-refractivity contribution in [3.05, 3.63) is 63.1 Å². The lowest BCUT2D eigenvalue weighted by Crippen LogP contribution is -2.40. The van der Waals surface area contributed by atoms with E-state index in [-0.39, 0.29) is 12.3 Å². The largest absolute Gasteiger partial charge is 0.342 e. The van der Waals surface area contributed by atoms with Gasteiger partial charge in [0, 0.05) is 29.1 Å². The molecule has 6 heteroatoms. The number of carbonyl (C=O) groups excluding carboxylic acids is 1. The first-order valence-electron chi connectivity index (χ1n) is 8.68. The molecule has 2 aromatic carbocycles. The molecule has 1 amide bonds. The van der Waals surface area contributed by atoms with E-state index in [1.807, 2.05) is 23.1 Å². The molecule has 26 heavy (non-hydrogen) atoms. The number of hydrogen-bond acceptors (Lipinski definition) is 3. The minimum Gasteiger partial charge on any atom is -0.342 e. The van der Waals surface area contributed by atoms with Crippen LogP contribution in [0.3, 0.4) is 0 Å². The van der Waals surface area contributed by atoms with Gasteiger partial charge in [-0.25, -0.2) is 4.98 Å². The normalized spacial score (nSPS) is 17.6. The van der Waals surface area contributed by atoms with Crippen LogP contribution in [0.2, 0.25) is 10.0 Å². The number of fused-ring (bicyclic) bond motifs is 1. The quantitative estimate of drug-likeness (QED) is 0.572. The maximum absolute atomic E-state index is 12.8. The van der Waals surface area contributed by atoms with Crippen LogP contribution < -0.4 is 0 Å². The highest BCUT2D eigenvalue weighted by atomic mass is 35.5. The Balaban J connectivity index is 1.50. The summed E-state index contributed by atoms with van der Waals surface area (Å²) in [5, 5.41) is 2.22. The molecule has 3 aromatic rings. The zero-order valence-electron chi connectivity index (χ0n) is 14.1. The average Bonchev–Trinajstić information content (AvgIpc) is 3.09. The fourth-order valence-electron chi connectivity index (χ4n) is 3.43. The minimum absolute atomic E-state index is 0.0748. The molecule has 1 atom stereocenters. The van der Waals surface area contributed by atoms with E-state index in [4.69, 9.17) is 28.2 Å². The van der Waals surface area contributed by atoms with Gasteiger partial charge in [0.1, 0.15) is 0 Å². The number of thiazole rings is 1. The lowest BCUT2D eigenvalue weighted by atomic mass is 9.98. The van der Waals surface area contributed by atoms with E-state index in [1.165, 1.54) is 4.70 Å². The fourth-order valence-corrected chi connectivity index (χ4v) is 5.06. The van der Waals surface area contributed by atoms with E-state index < -0.39 is 0 Å². The highest BCUT2D eigenvalue weighted by Crippen LogP contribution is 2.33. The molecule has 0 bridgehead atoms. The molecular weight excluding hydrogens is 387 g/mol. The SMILES string of the molecule is O=C(Cc1c(Cl)cccc1Cl)N1CCCC(c2nc3ccccc3s2)C1. The van der Waals surface area contributed by atoms with Crippen LogP contribution in [0, 0.1) is 0 Å². The van der Waals surface area contributed by atoms with Crippen molar-refractivity contribution >= 4 is 50.7 Å². The van der Waals surface area contributed by atoms with Crippen LogP contribution in [0.4, 0.5) is 0 Å². The third kappa shape index (κ3) is 3.59. The van der Waals surface area contributed by atoms with Gasteiger partial charge in [-0.3, -0.25) is 4.79 Å². The Morgan fingerprint density at radius 1 is 1.15 bits per heavy atom. The monoisotopic (exact) mass is 404 g/mol. The summed E-state index contributed by atoms with van der Waals surface area (Å²) in [5.74, 6) is 0.373. The molecule has 1 saturated heterocycles. The molecule has 0 aliphatic carbocycles. The van der Waals surface area contributed by atoms with E-state index in [0.29, 0.717) is 28.1 Å². The number of rotatable bonds is 3. The summed E-state index contributed by atoms with van der Waals surface area (Å²) in [7, 11) is 0. The first-order valence-corrected chi connectivity index (χ1v) is 10.2. The van der Waals surface area contributed by atoms with Gasteiger partial charge in [-0.05, 0) is 42.7 Å². The van der Waals surface area contributed by atoms with Crippen molar-refractivity contribution in [3.8, 4) is 0 Å². The van der Waals surface area contributed by atoms with Crippen molar-refractivity contribution in [1.29, 1.82) is 0 Å². The first kappa shape index (κ1) is 17.8. The van der Waals surface area contributed by atoms with Crippen LogP contribution in [0.15, 0.2) is 42.5 Å². The number of nitrogens with zero attached hydrogens (tertiary/aromatic N) is 2. The Kier molecular flexibility index (Phi) is 5.16. The van der Waals surface area contributed by atoms with Gasteiger partial charge in [-0.1, -0.05) is 41.4 Å². The maximum Gasteiger partial charge on any atom is 0.227 e. The van der Waals surface area contributed by atoms with Gasteiger partial charge in [0.05, 0.1) is 21.6 Å². The fraction of sp³-hybridized carbons (Fsp3) is 0.300. The first-order chi connectivity index (χ1) is 12.6. The molecule has 0 spiro atoms. The number of halogens is 2. The molecule has 0 radical (unpaired) electrons. The number of amides is 1. The summed E-state index contributed by atoms with van der Waals surface area (Å²) >= 11 is 14.2. The Hall–Kier alpha value is -1.62. The molecule has 1 aliphatic heterocycles. The topological polar surface area (TPSA) is 33.2 Å². The molecule has 1 unspecified atom stereocenters. The summed E-state index contributed by atoms with van der Waals surface area (Å²) in [4.78, 5) is 19.5. The van der Waals surface area contributed by atoms with E-state index in [0.717, 1.165) is 29.9 Å². The second-order valence-electron chi connectivity index (χ2n) is 6.58. The summed E-state index contributed by atoms with van der Waals surface area (Å²) in [6.07, 6.45) is 2.30. The average molecular weight is 405 g/mol. The molecule has 2 heterocycles. The maximum atomic E-state index is 12.8. The molecule has 0 N–H and O–H groups in total. The third-order valence-electron chi connectivity index (χ3n) is 4.82. The van der Waals surface area contributed by atoms with Crippen molar-refractivity contribution in [2.45, 2.75) is 25.2 Å². The third-order valence-corrected chi connectivity index (χ3v) is 6.73. The summed E-state index contributed by atoms with van der Waals surface area (Å²) in [6, 6.07) is 13.5. The Bertz CT molecular complexity index is 903. The number of benzene rings is 2. The van der Waals surface area contributed by atoms with Crippen molar-refractivity contribution in [1.82, 2.24) is 9.88 Å². The Morgan fingerprint density at radius 3 is 2.69 bits per heavy atom. The van der Waals surface area contributed by atoms with Crippen LogP contribution in [-0.2, 0) is 11.2 Å². The molecule has 3 nitrogen and oxygen atoms in total. The standard InChI is InChI=1S/C20H18Cl2N2OS/c21-15-6-3-7-16(22)14(15)11-19(25)24-10-4-5-13(12-24)20-23-17-8-1-2-9-18(17)26-20/h1-3,6-9,13H,4-5,10-12H2.